The maximum atomic E-state index is 13.3. The van der Waals surface area contributed by atoms with Crippen LogP contribution in [0.15, 0.2) is 73.4 Å². The largest absolute Gasteiger partial charge is 0.388 e. The predicted molar refractivity (Wildman–Crippen MR) is 142 cm³/mol. The number of H-pyrrole nitrogens is 1. The molecule has 0 saturated heterocycles. The number of amides is 1. The number of carbonyl (C=O) groups excluding carboxylic acids is 1. The molecule has 1 fully saturated rings. The molecule has 0 unspecified atom stereocenters. The molecular weight excluding hydrogens is 480 g/mol. The number of hydrogen-bond donors (Lipinski definition) is 3. The topological polar surface area (TPSA) is 126 Å². The highest BCUT2D eigenvalue weighted by molar-refractivity contribution is 6.01. The number of aromatic amines is 1. The van der Waals surface area contributed by atoms with Gasteiger partial charge in [0.1, 0.15) is 16.9 Å². The first-order valence-electron chi connectivity index (χ1n) is 12.8. The zero-order valence-electron chi connectivity index (χ0n) is 20.6. The minimum absolute atomic E-state index is 0.135. The van der Waals surface area contributed by atoms with Crippen LogP contribution in [-0.2, 0) is 6.54 Å². The average Bonchev–Trinajstić information content (AvgIpc) is 3.66. The highest BCUT2D eigenvalue weighted by Crippen LogP contribution is 2.32. The van der Waals surface area contributed by atoms with E-state index in [0.29, 0.717) is 24.9 Å². The Morgan fingerprint density at radius 2 is 2.13 bits per heavy atom. The predicted octanol–water partition coefficient (Wildman–Crippen LogP) is 3.73. The van der Waals surface area contributed by atoms with Crippen molar-refractivity contribution < 1.29 is 9.90 Å². The molecule has 1 amide bonds. The van der Waals surface area contributed by atoms with Gasteiger partial charge in [-0.25, -0.2) is 4.98 Å². The lowest BCUT2D eigenvalue weighted by atomic mass is 9.81. The Morgan fingerprint density at radius 3 is 3.08 bits per heavy atom. The van der Waals surface area contributed by atoms with Gasteiger partial charge in [-0.3, -0.25) is 19.6 Å². The molecule has 0 aliphatic heterocycles. The SMILES string of the molecule is O=C(N[C@H]1CCC[C@](O)(Cn2ncc3ncccc32)C1)c1ccc2[nH]nc(-c3ccc4nccn4c3)c2c1. The van der Waals surface area contributed by atoms with E-state index in [-0.39, 0.29) is 11.9 Å². The van der Waals surface area contributed by atoms with Crippen LogP contribution in [0.4, 0.5) is 0 Å². The van der Waals surface area contributed by atoms with E-state index in [1.165, 1.54) is 0 Å². The Hall–Kier alpha value is -4.57. The average molecular weight is 507 g/mol. The van der Waals surface area contributed by atoms with Crippen molar-refractivity contribution in [3.8, 4) is 11.3 Å². The minimum Gasteiger partial charge on any atom is -0.388 e. The van der Waals surface area contributed by atoms with Gasteiger partial charge in [0.2, 0.25) is 0 Å². The smallest absolute Gasteiger partial charge is 0.251 e. The van der Waals surface area contributed by atoms with E-state index in [1.54, 1.807) is 24.7 Å². The van der Waals surface area contributed by atoms with Crippen molar-refractivity contribution in [2.75, 3.05) is 0 Å². The normalized spacial score (nSPS) is 19.9. The van der Waals surface area contributed by atoms with Crippen LogP contribution in [0.3, 0.4) is 0 Å². The van der Waals surface area contributed by atoms with Gasteiger partial charge >= 0.3 is 0 Å². The van der Waals surface area contributed by atoms with Gasteiger partial charge in [0.15, 0.2) is 0 Å². The third-order valence-corrected chi connectivity index (χ3v) is 7.50. The number of benzene rings is 1. The van der Waals surface area contributed by atoms with Crippen molar-refractivity contribution in [2.24, 2.45) is 0 Å². The molecule has 1 aliphatic rings. The zero-order chi connectivity index (χ0) is 25.7. The Balaban J connectivity index is 1.10. The van der Waals surface area contributed by atoms with Gasteiger partial charge in [-0.15, -0.1) is 0 Å². The van der Waals surface area contributed by atoms with Crippen LogP contribution in [0.1, 0.15) is 36.0 Å². The summed E-state index contributed by atoms with van der Waals surface area (Å²) in [6.45, 7) is 0.361. The van der Waals surface area contributed by atoms with Crippen molar-refractivity contribution in [1.29, 1.82) is 0 Å². The van der Waals surface area contributed by atoms with E-state index in [1.807, 2.05) is 57.9 Å². The molecule has 1 aromatic carbocycles. The number of aromatic nitrogens is 7. The van der Waals surface area contributed by atoms with Gasteiger partial charge in [-0.2, -0.15) is 10.2 Å². The van der Waals surface area contributed by atoms with E-state index in [9.17, 15) is 9.90 Å². The number of pyridine rings is 2. The Labute approximate surface area is 217 Å². The molecular formula is C28H26N8O2. The van der Waals surface area contributed by atoms with Crippen LogP contribution in [-0.4, -0.2) is 57.0 Å². The summed E-state index contributed by atoms with van der Waals surface area (Å²) in [5.41, 5.74) is 4.71. The second-order valence-corrected chi connectivity index (χ2v) is 10.1. The number of aliphatic hydroxyl groups is 1. The van der Waals surface area contributed by atoms with E-state index in [0.717, 1.165) is 51.7 Å². The first kappa shape index (κ1) is 22.6. The van der Waals surface area contributed by atoms with Gasteiger partial charge in [0.05, 0.1) is 29.4 Å². The van der Waals surface area contributed by atoms with Gasteiger partial charge in [-0.05, 0) is 68.1 Å². The highest BCUT2D eigenvalue weighted by atomic mass is 16.3. The van der Waals surface area contributed by atoms with Gasteiger partial charge in [0.25, 0.3) is 5.91 Å². The number of carbonyl (C=O) groups is 1. The van der Waals surface area contributed by atoms with Crippen molar-refractivity contribution in [2.45, 2.75) is 43.9 Å². The quantitative estimate of drug-likeness (QED) is 0.327. The number of hydrogen-bond acceptors (Lipinski definition) is 6. The molecule has 0 spiro atoms. The lowest BCUT2D eigenvalue weighted by Crippen LogP contribution is -2.47. The molecule has 6 aromatic rings. The van der Waals surface area contributed by atoms with Crippen molar-refractivity contribution >= 4 is 33.5 Å². The molecule has 5 heterocycles. The molecule has 190 valence electrons. The van der Waals surface area contributed by atoms with E-state index >= 15 is 0 Å². The maximum Gasteiger partial charge on any atom is 0.251 e. The third-order valence-electron chi connectivity index (χ3n) is 7.50. The number of fused-ring (bicyclic) bond motifs is 3. The molecule has 0 bridgehead atoms. The molecule has 1 aliphatic carbocycles. The van der Waals surface area contributed by atoms with E-state index in [4.69, 9.17) is 0 Å². The van der Waals surface area contributed by atoms with Crippen LogP contribution in [0, 0.1) is 0 Å². The van der Waals surface area contributed by atoms with Crippen molar-refractivity contribution in [3.05, 3.63) is 79.0 Å². The molecule has 10 nitrogen and oxygen atoms in total. The second kappa shape index (κ2) is 8.77. The third kappa shape index (κ3) is 3.99. The van der Waals surface area contributed by atoms with Crippen LogP contribution in [0.25, 0.3) is 38.8 Å². The summed E-state index contributed by atoms with van der Waals surface area (Å²) >= 11 is 0. The Bertz CT molecular complexity index is 1800. The van der Waals surface area contributed by atoms with Gasteiger partial charge < -0.3 is 14.8 Å². The molecule has 0 radical (unpaired) electrons. The van der Waals surface area contributed by atoms with Crippen LogP contribution >= 0.6 is 0 Å². The number of nitrogens with one attached hydrogen (secondary N) is 2. The van der Waals surface area contributed by atoms with Crippen LogP contribution in [0.5, 0.6) is 0 Å². The summed E-state index contributed by atoms with van der Waals surface area (Å²) in [4.78, 5) is 21.9. The number of imidazole rings is 1. The Kier molecular flexibility index (Phi) is 5.22. The second-order valence-electron chi connectivity index (χ2n) is 10.1. The summed E-state index contributed by atoms with van der Waals surface area (Å²) in [5, 5.41) is 27.5. The van der Waals surface area contributed by atoms with Crippen molar-refractivity contribution in [3.63, 3.8) is 0 Å². The van der Waals surface area contributed by atoms with Crippen LogP contribution < -0.4 is 5.32 Å². The fraction of sp³-hybridized carbons (Fsp3) is 0.250. The maximum absolute atomic E-state index is 13.3. The fourth-order valence-corrected chi connectivity index (χ4v) is 5.63. The summed E-state index contributed by atoms with van der Waals surface area (Å²) in [6, 6.07) is 13.2. The number of rotatable bonds is 5. The minimum atomic E-state index is -0.960. The lowest BCUT2D eigenvalue weighted by Gasteiger charge is -2.37. The lowest BCUT2D eigenvalue weighted by molar-refractivity contribution is -0.0227. The molecule has 38 heavy (non-hydrogen) atoms. The zero-order valence-corrected chi connectivity index (χ0v) is 20.6. The van der Waals surface area contributed by atoms with Crippen molar-refractivity contribution in [1.82, 2.24) is 39.7 Å². The summed E-state index contributed by atoms with van der Waals surface area (Å²) in [5.74, 6) is -0.160. The monoisotopic (exact) mass is 506 g/mol. The van der Waals surface area contributed by atoms with Crippen LogP contribution in [0.2, 0.25) is 0 Å². The molecule has 7 rings (SSSR count). The first-order chi connectivity index (χ1) is 18.5. The molecule has 2 atom stereocenters. The molecule has 5 aromatic heterocycles. The standard InChI is InChI=1S/C28H26N8O2/c37-27(32-20-3-1-9-28(38,14-20)17-36-24-4-2-10-29-23(24)15-31-36)18-5-7-22-21(13-18)26(34-33-22)19-6-8-25-30-11-12-35(25)16-19/h2,4-8,10-13,15-16,20,38H,1,3,9,14,17H2,(H,32,37)(H,33,34)/t20-,28+/m0/s1. The summed E-state index contributed by atoms with van der Waals surface area (Å²) in [6.07, 6.45) is 11.8. The van der Waals surface area contributed by atoms with E-state index in [2.05, 4.69) is 30.6 Å². The van der Waals surface area contributed by atoms with Gasteiger partial charge in [-0.1, -0.05) is 0 Å². The Morgan fingerprint density at radius 1 is 1.18 bits per heavy atom. The number of nitrogens with zero attached hydrogens (tertiary/aromatic N) is 6. The summed E-state index contributed by atoms with van der Waals surface area (Å²) < 4.78 is 3.75. The first-order valence-corrected chi connectivity index (χ1v) is 12.8. The fourth-order valence-electron chi connectivity index (χ4n) is 5.63. The molecule has 10 heteroatoms. The van der Waals surface area contributed by atoms with Gasteiger partial charge in [0, 0.05) is 47.3 Å². The molecule has 1 saturated carbocycles. The summed E-state index contributed by atoms with van der Waals surface area (Å²) in [7, 11) is 0. The molecule has 3 N–H and O–H groups in total. The van der Waals surface area contributed by atoms with E-state index < -0.39 is 5.60 Å². The highest BCUT2D eigenvalue weighted by Gasteiger charge is 2.36.